The van der Waals surface area contributed by atoms with Gasteiger partial charge in [-0.1, -0.05) is 57.2 Å². The van der Waals surface area contributed by atoms with Crippen molar-refractivity contribution < 1.29 is 5.11 Å². The van der Waals surface area contributed by atoms with E-state index in [0.29, 0.717) is 5.75 Å². The largest absolute Gasteiger partial charge is 0.508 e. The molecule has 18 heavy (non-hydrogen) atoms. The highest BCUT2D eigenvalue weighted by atomic mass is 35.5. The van der Waals surface area contributed by atoms with Crippen LogP contribution in [0.5, 0.6) is 5.75 Å². The lowest BCUT2D eigenvalue weighted by molar-refractivity contribution is 0.447. The van der Waals surface area contributed by atoms with Gasteiger partial charge >= 0.3 is 0 Å². The van der Waals surface area contributed by atoms with Crippen LogP contribution in [0.3, 0.4) is 0 Å². The van der Waals surface area contributed by atoms with E-state index in [-0.39, 0.29) is 5.41 Å². The van der Waals surface area contributed by atoms with E-state index >= 15 is 0 Å². The number of alkyl halides is 1. The first-order valence-electron chi connectivity index (χ1n) is 6.58. The molecular formula is C15H25ClOSi. The normalized spacial score (nSPS) is 12.8. The van der Waals surface area contributed by atoms with Crippen LogP contribution < -0.4 is 5.19 Å². The van der Waals surface area contributed by atoms with Crippen LogP contribution in [0.4, 0.5) is 0 Å². The van der Waals surface area contributed by atoms with Crippen molar-refractivity contribution in [2.75, 3.05) is 5.88 Å². The van der Waals surface area contributed by atoms with Gasteiger partial charge in [0.05, 0.1) is 8.07 Å². The van der Waals surface area contributed by atoms with Gasteiger partial charge in [0.1, 0.15) is 5.75 Å². The highest BCUT2D eigenvalue weighted by Crippen LogP contribution is 2.30. The van der Waals surface area contributed by atoms with E-state index in [0.717, 1.165) is 17.9 Å². The molecule has 0 heterocycles. The molecule has 1 N–H and O–H groups in total. The van der Waals surface area contributed by atoms with Crippen molar-refractivity contribution in [2.45, 2.75) is 51.7 Å². The second-order valence-corrected chi connectivity index (χ2v) is 11.9. The van der Waals surface area contributed by atoms with Gasteiger partial charge in [-0.3, -0.25) is 0 Å². The van der Waals surface area contributed by atoms with Crippen molar-refractivity contribution in [1.82, 2.24) is 0 Å². The molecule has 0 amide bonds. The lowest BCUT2D eigenvalue weighted by Crippen LogP contribution is -2.41. The molecule has 0 aliphatic rings. The fourth-order valence-electron chi connectivity index (χ4n) is 2.21. The topological polar surface area (TPSA) is 20.2 Å². The Hall–Kier alpha value is -0.473. The second kappa shape index (κ2) is 5.66. The zero-order valence-electron chi connectivity index (χ0n) is 12.2. The Morgan fingerprint density at radius 2 is 1.83 bits per heavy atom. The number of phenolic OH excluding ortho intramolecular Hbond substituents is 1. The number of phenols is 1. The summed E-state index contributed by atoms with van der Waals surface area (Å²) in [5.41, 5.74) is 1.03. The number of rotatable bonds is 4. The van der Waals surface area contributed by atoms with Crippen LogP contribution in [-0.4, -0.2) is 19.1 Å². The van der Waals surface area contributed by atoms with Gasteiger partial charge in [-0.2, -0.15) is 0 Å². The van der Waals surface area contributed by atoms with E-state index in [1.165, 1.54) is 11.2 Å². The lowest BCUT2D eigenvalue weighted by atomic mass is 9.86. The van der Waals surface area contributed by atoms with Crippen LogP contribution in [0, 0.1) is 0 Å². The summed E-state index contributed by atoms with van der Waals surface area (Å²) in [7, 11) is -1.43. The lowest BCUT2D eigenvalue weighted by Gasteiger charge is -2.27. The Bertz CT molecular complexity index is 407. The smallest absolute Gasteiger partial charge is 0.119 e. The van der Waals surface area contributed by atoms with Gasteiger partial charge < -0.3 is 5.11 Å². The first kappa shape index (κ1) is 15.6. The zero-order chi connectivity index (χ0) is 14.0. The summed E-state index contributed by atoms with van der Waals surface area (Å²) >= 11 is 5.81. The molecule has 3 heteroatoms. The Morgan fingerprint density at radius 3 is 2.33 bits per heavy atom. The van der Waals surface area contributed by atoms with Gasteiger partial charge in [0, 0.05) is 5.88 Å². The second-order valence-electron chi connectivity index (χ2n) is 6.66. The minimum absolute atomic E-state index is 0.0168. The van der Waals surface area contributed by atoms with E-state index in [4.69, 9.17) is 11.6 Å². The van der Waals surface area contributed by atoms with Gasteiger partial charge in [-0.25, -0.2) is 0 Å². The molecule has 0 fully saturated rings. The van der Waals surface area contributed by atoms with E-state index in [9.17, 15) is 5.11 Å². The third-order valence-corrected chi connectivity index (χ3v) is 7.27. The van der Waals surface area contributed by atoms with Crippen molar-refractivity contribution in [1.29, 1.82) is 0 Å². The number of benzene rings is 1. The molecule has 0 aliphatic heterocycles. The molecule has 0 unspecified atom stereocenters. The van der Waals surface area contributed by atoms with E-state index < -0.39 is 8.07 Å². The number of hydrogen-bond acceptors (Lipinski definition) is 1. The third-order valence-electron chi connectivity index (χ3n) is 3.52. The molecule has 0 saturated heterocycles. The van der Waals surface area contributed by atoms with E-state index in [1.54, 1.807) is 0 Å². The molecule has 0 aliphatic carbocycles. The molecule has 102 valence electrons. The van der Waals surface area contributed by atoms with Crippen molar-refractivity contribution >= 4 is 24.9 Å². The molecule has 0 atom stereocenters. The van der Waals surface area contributed by atoms with Gasteiger partial charge in [-0.05, 0) is 23.5 Å². The summed E-state index contributed by atoms with van der Waals surface area (Å²) in [4.78, 5) is 0. The number of hydrogen-bond donors (Lipinski definition) is 1. The Balaban J connectivity index is 3.12. The molecule has 1 aromatic rings. The van der Waals surface area contributed by atoms with Gasteiger partial charge in [-0.15, -0.1) is 11.6 Å². The van der Waals surface area contributed by atoms with Crippen LogP contribution in [-0.2, 0) is 5.41 Å². The molecule has 0 spiro atoms. The summed E-state index contributed by atoms with van der Waals surface area (Å²) < 4.78 is 0. The predicted octanol–water partition coefficient (Wildman–Crippen LogP) is 4.23. The van der Waals surface area contributed by atoms with Gasteiger partial charge in [0.15, 0.2) is 0 Å². The van der Waals surface area contributed by atoms with E-state index in [2.05, 4.69) is 46.0 Å². The molecule has 0 saturated carbocycles. The molecule has 0 bridgehead atoms. The molecule has 1 nitrogen and oxygen atoms in total. The minimum atomic E-state index is -1.43. The summed E-state index contributed by atoms with van der Waals surface area (Å²) in [5.74, 6) is 1.15. The van der Waals surface area contributed by atoms with Crippen LogP contribution in [0.1, 0.15) is 32.8 Å². The maximum Gasteiger partial charge on any atom is 0.119 e. The SMILES string of the molecule is CC(C)(C)c1cc([Si](C)(C)CCCCl)ccc1O. The fraction of sp³-hybridized carbons (Fsp3) is 0.600. The number of aromatic hydroxyl groups is 1. The predicted molar refractivity (Wildman–Crippen MR) is 84.1 cm³/mol. The quantitative estimate of drug-likeness (QED) is 0.648. The number of halogens is 1. The summed E-state index contributed by atoms with van der Waals surface area (Å²) in [5, 5.41) is 11.4. The minimum Gasteiger partial charge on any atom is -0.508 e. The van der Waals surface area contributed by atoms with Gasteiger partial charge in [0.25, 0.3) is 0 Å². The van der Waals surface area contributed by atoms with E-state index in [1.807, 2.05) is 6.07 Å². The van der Waals surface area contributed by atoms with Crippen LogP contribution in [0.15, 0.2) is 18.2 Å². The molecular weight excluding hydrogens is 260 g/mol. The monoisotopic (exact) mass is 284 g/mol. The Morgan fingerprint density at radius 1 is 1.22 bits per heavy atom. The van der Waals surface area contributed by atoms with Crippen molar-refractivity contribution in [3.63, 3.8) is 0 Å². The molecule has 1 aromatic carbocycles. The highest BCUT2D eigenvalue weighted by Gasteiger charge is 2.26. The Kier molecular flexibility index (Phi) is 4.90. The van der Waals surface area contributed by atoms with Crippen molar-refractivity contribution in [3.05, 3.63) is 23.8 Å². The average Bonchev–Trinajstić information content (AvgIpc) is 2.25. The molecule has 0 radical (unpaired) electrons. The molecule has 0 aromatic heterocycles. The average molecular weight is 285 g/mol. The fourth-order valence-corrected chi connectivity index (χ4v) is 4.99. The van der Waals surface area contributed by atoms with Crippen molar-refractivity contribution in [2.24, 2.45) is 0 Å². The highest BCUT2D eigenvalue weighted by molar-refractivity contribution is 6.89. The standard InChI is InChI=1S/C15H25ClOSi/c1-15(2,3)13-11-12(7-8-14(13)17)18(4,5)10-6-9-16/h7-8,11,17H,6,9-10H2,1-5H3. The summed E-state index contributed by atoms with van der Waals surface area (Å²) in [6, 6.07) is 7.34. The third kappa shape index (κ3) is 3.76. The first-order valence-corrected chi connectivity index (χ1v) is 10.3. The maximum absolute atomic E-state index is 10.0. The van der Waals surface area contributed by atoms with Crippen LogP contribution >= 0.6 is 11.6 Å². The van der Waals surface area contributed by atoms with Crippen LogP contribution in [0.2, 0.25) is 19.1 Å². The maximum atomic E-state index is 10.0. The van der Waals surface area contributed by atoms with Gasteiger partial charge in [0.2, 0.25) is 0 Å². The summed E-state index contributed by atoms with van der Waals surface area (Å²) in [6.45, 7) is 11.2. The zero-order valence-corrected chi connectivity index (χ0v) is 13.9. The van der Waals surface area contributed by atoms with Crippen molar-refractivity contribution in [3.8, 4) is 5.75 Å². The first-order chi connectivity index (χ1) is 8.18. The Labute approximate surface area is 117 Å². The molecule has 1 rings (SSSR count). The summed E-state index contributed by atoms with van der Waals surface area (Å²) in [6.07, 6.45) is 1.08. The van der Waals surface area contributed by atoms with Crippen LogP contribution in [0.25, 0.3) is 0 Å².